The van der Waals surface area contributed by atoms with Gasteiger partial charge < -0.3 is 10.1 Å². The minimum absolute atomic E-state index is 0.194. The molecule has 0 spiro atoms. The first-order valence-electron chi connectivity index (χ1n) is 7.43. The van der Waals surface area contributed by atoms with Crippen LogP contribution in [-0.2, 0) is 6.54 Å². The van der Waals surface area contributed by atoms with Crippen molar-refractivity contribution in [1.29, 1.82) is 0 Å². The minimum Gasteiger partial charge on any atom is -0.481 e. The summed E-state index contributed by atoms with van der Waals surface area (Å²) in [4.78, 5) is 32.7. The number of carbonyl (C=O) groups excluding carboxylic acids is 1. The molecule has 0 aromatic carbocycles. The van der Waals surface area contributed by atoms with Crippen molar-refractivity contribution in [2.45, 2.75) is 6.54 Å². The van der Waals surface area contributed by atoms with Gasteiger partial charge in [-0.3, -0.25) is 9.59 Å². The molecule has 3 aromatic rings. The molecule has 1 N–H and O–H groups in total. The van der Waals surface area contributed by atoms with Crippen molar-refractivity contribution in [3.63, 3.8) is 0 Å². The first-order valence-corrected chi connectivity index (χ1v) is 8.31. The lowest BCUT2D eigenvalue weighted by Crippen LogP contribution is -2.32. The molecule has 0 fully saturated rings. The summed E-state index contributed by atoms with van der Waals surface area (Å²) in [6, 6.07) is 8.46. The van der Waals surface area contributed by atoms with E-state index in [9.17, 15) is 9.59 Å². The van der Waals surface area contributed by atoms with Crippen LogP contribution in [-0.4, -0.2) is 39.3 Å². The summed E-state index contributed by atoms with van der Waals surface area (Å²) in [6.07, 6.45) is 1.25. The summed E-state index contributed by atoms with van der Waals surface area (Å²) in [6.45, 7) is 0.498. The van der Waals surface area contributed by atoms with E-state index in [0.717, 1.165) is 10.6 Å². The van der Waals surface area contributed by atoms with Gasteiger partial charge in [0.05, 0.1) is 18.5 Å². The van der Waals surface area contributed by atoms with Crippen molar-refractivity contribution in [3.8, 4) is 16.5 Å². The molecule has 0 radical (unpaired) electrons. The zero-order valence-electron chi connectivity index (χ0n) is 13.4. The van der Waals surface area contributed by atoms with Gasteiger partial charge in [0.1, 0.15) is 17.7 Å². The first-order chi connectivity index (χ1) is 12.2. The SMILES string of the molecule is COc1cc(C(=O)NCCn2nc(-c3cccs3)ccc2=O)ncn1. The molecule has 0 aliphatic rings. The Bertz CT molecular complexity index is 924. The molecule has 3 aromatic heterocycles. The molecule has 8 nitrogen and oxygen atoms in total. The third-order valence-corrected chi connectivity index (χ3v) is 4.23. The Labute approximate surface area is 147 Å². The van der Waals surface area contributed by atoms with Crippen molar-refractivity contribution in [3.05, 3.63) is 58.1 Å². The van der Waals surface area contributed by atoms with Gasteiger partial charge in [-0.2, -0.15) is 5.10 Å². The number of nitrogens with zero attached hydrogens (tertiary/aromatic N) is 4. The highest BCUT2D eigenvalue weighted by molar-refractivity contribution is 7.13. The molecule has 0 unspecified atom stereocenters. The van der Waals surface area contributed by atoms with Crippen LogP contribution in [0.3, 0.4) is 0 Å². The molecule has 0 atom stereocenters. The minimum atomic E-state index is -0.372. The number of amides is 1. The van der Waals surface area contributed by atoms with E-state index in [1.807, 2.05) is 17.5 Å². The zero-order valence-corrected chi connectivity index (χ0v) is 14.2. The number of carbonyl (C=O) groups is 1. The molecule has 128 valence electrons. The fraction of sp³-hybridized carbons (Fsp3) is 0.188. The maximum absolute atomic E-state index is 12.1. The van der Waals surface area contributed by atoms with Crippen molar-refractivity contribution in [1.82, 2.24) is 25.1 Å². The number of hydrogen-bond donors (Lipinski definition) is 1. The Morgan fingerprint density at radius 1 is 1.32 bits per heavy atom. The van der Waals surface area contributed by atoms with Gasteiger partial charge in [-0.1, -0.05) is 6.07 Å². The van der Waals surface area contributed by atoms with Crippen LogP contribution in [0.5, 0.6) is 5.88 Å². The zero-order chi connectivity index (χ0) is 17.6. The Morgan fingerprint density at radius 3 is 2.96 bits per heavy atom. The van der Waals surface area contributed by atoms with Crippen LogP contribution in [0.15, 0.2) is 46.8 Å². The predicted molar refractivity (Wildman–Crippen MR) is 92.7 cm³/mol. The average Bonchev–Trinajstić information content (AvgIpc) is 3.18. The number of methoxy groups -OCH3 is 1. The Morgan fingerprint density at radius 2 is 2.20 bits per heavy atom. The fourth-order valence-electron chi connectivity index (χ4n) is 2.11. The van der Waals surface area contributed by atoms with Gasteiger partial charge in [-0.25, -0.2) is 14.6 Å². The summed E-state index contributed by atoms with van der Waals surface area (Å²) in [5.41, 5.74) is 0.694. The standard InChI is InChI=1S/C16H15N5O3S/c1-24-14-9-12(18-10-19-14)16(23)17-6-7-21-15(22)5-4-11(20-21)13-3-2-8-25-13/h2-5,8-10H,6-7H2,1H3,(H,17,23). The van der Waals surface area contributed by atoms with Crippen LogP contribution < -0.4 is 15.6 Å². The molecular weight excluding hydrogens is 342 g/mol. The van der Waals surface area contributed by atoms with E-state index in [-0.39, 0.29) is 30.2 Å². The van der Waals surface area contributed by atoms with E-state index in [2.05, 4.69) is 20.4 Å². The van der Waals surface area contributed by atoms with Gasteiger partial charge in [-0.15, -0.1) is 11.3 Å². The summed E-state index contributed by atoms with van der Waals surface area (Å²) >= 11 is 1.55. The molecule has 3 heterocycles. The maximum Gasteiger partial charge on any atom is 0.270 e. The predicted octanol–water partition coefficient (Wildman–Crippen LogP) is 1.20. The van der Waals surface area contributed by atoms with E-state index in [1.54, 1.807) is 17.4 Å². The Kier molecular flexibility index (Phi) is 5.14. The maximum atomic E-state index is 12.1. The van der Waals surface area contributed by atoms with Gasteiger partial charge in [-0.05, 0) is 17.5 Å². The monoisotopic (exact) mass is 357 g/mol. The van der Waals surface area contributed by atoms with E-state index in [0.29, 0.717) is 5.88 Å². The average molecular weight is 357 g/mol. The van der Waals surface area contributed by atoms with Gasteiger partial charge in [0, 0.05) is 18.7 Å². The first kappa shape index (κ1) is 16.8. The van der Waals surface area contributed by atoms with E-state index >= 15 is 0 Å². The third kappa shape index (κ3) is 4.07. The molecule has 0 aliphatic heterocycles. The Balaban J connectivity index is 1.64. The largest absolute Gasteiger partial charge is 0.481 e. The Hall–Kier alpha value is -3.07. The van der Waals surface area contributed by atoms with Crippen molar-refractivity contribution < 1.29 is 9.53 Å². The number of hydrogen-bond acceptors (Lipinski definition) is 7. The molecule has 1 amide bonds. The van der Waals surface area contributed by atoms with Gasteiger partial charge in [0.2, 0.25) is 5.88 Å². The van der Waals surface area contributed by atoms with Crippen LogP contribution in [0.4, 0.5) is 0 Å². The van der Waals surface area contributed by atoms with Crippen molar-refractivity contribution in [2.75, 3.05) is 13.7 Å². The highest BCUT2D eigenvalue weighted by Crippen LogP contribution is 2.20. The molecule has 0 saturated carbocycles. The normalized spacial score (nSPS) is 10.4. The lowest BCUT2D eigenvalue weighted by Gasteiger charge is -2.08. The number of ether oxygens (including phenoxy) is 1. The topological polar surface area (TPSA) is 99.0 Å². The molecule has 0 saturated heterocycles. The number of thiophene rings is 1. The number of nitrogens with one attached hydrogen (secondary N) is 1. The lowest BCUT2D eigenvalue weighted by molar-refractivity contribution is 0.0946. The van der Waals surface area contributed by atoms with E-state index in [4.69, 9.17) is 4.74 Å². The summed E-state index contributed by atoms with van der Waals surface area (Å²) in [5.74, 6) is -0.0650. The van der Waals surface area contributed by atoms with Crippen LogP contribution in [0.25, 0.3) is 10.6 Å². The highest BCUT2D eigenvalue weighted by atomic mass is 32.1. The van der Waals surface area contributed by atoms with Crippen LogP contribution in [0, 0.1) is 0 Å². The molecule has 0 aliphatic carbocycles. The quantitative estimate of drug-likeness (QED) is 0.712. The van der Waals surface area contributed by atoms with Crippen LogP contribution in [0.1, 0.15) is 10.5 Å². The lowest BCUT2D eigenvalue weighted by atomic mass is 10.3. The summed E-state index contributed by atoms with van der Waals surface area (Å²) in [7, 11) is 1.46. The summed E-state index contributed by atoms with van der Waals surface area (Å²) in [5, 5.41) is 8.97. The van der Waals surface area contributed by atoms with Gasteiger partial charge in [0.25, 0.3) is 11.5 Å². The van der Waals surface area contributed by atoms with E-state index in [1.165, 1.54) is 30.3 Å². The number of aromatic nitrogens is 4. The molecule has 3 rings (SSSR count). The number of rotatable bonds is 6. The van der Waals surface area contributed by atoms with Crippen molar-refractivity contribution >= 4 is 17.2 Å². The van der Waals surface area contributed by atoms with Crippen LogP contribution >= 0.6 is 11.3 Å². The second-order valence-corrected chi connectivity index (χ2v) is 5.91. The van der Waals surface area contributed by atoms with Gasteiger partial charge in [0.15, 0.2) is 0 Å². The molecule has 0 bridgehead atoms. The smallest absolute Gasteiger partial charge is 0.270 e. The second-order valence-electron chi connectivity index (χ2n) is 4.96. The fourth-order valence-corrected chi connectivity index (χ4v) is 2.80. The molecular formula is C16H15N5O3S. The van der Waals surface area contributed by atoms with E-state index < -0.39 is 0 Å². The molecule has 9 heteroatoms. The second kappa shape index (κ2) is 7.67. The summed E-state index contributed by atoms with van der Waals surface area (Å²) < 4.78 is 6.29. The van der Waals surface area contributed by atoms with Gasteiger partial charge >= 0.3 is 0 Å². The highest BCUT2D eigenvalue weighted by Gasteiger charge is 2.09. The third-order valence-electron chi connectivity index (χ3n) is 3.33. The van der Waals surface area contributed by atoms with Crippen LogP contribution in [0.2, 0.25) is 0 Å². The molecule has 25 heavy (non-hydrogen) atoms. The van der Waals surface area contributed by atoms with Crippen molar-refractivity contribution in [2.24, 2.45) is 0 Å².